The van der Waals surface area contributed by atoms with Crippen LogP contribution in [0.5, 0.6) is 0 Å². The summed E-state index contributed by atoms with van der Waals surface area (Å²) < 4.78 is 0. The predicted octanol–water partition coefficient (Wildman–Crippen LogP) is 6.14. The number of fused-ring (bicyclic) bond motifs is 5. The molecule has 1 aromatic heterocycles. The summed E-state index contributed by atoms with van der Waals surface area (Å²) in [6.45, 7) is 5.12. The van der Waals surface area contributed by atoms with Gasteiger partial charge in [0.2, 0.25) is 5.91 Å². The Morgan fingerprint density at radius 1 is 1.10 bits per heavy atom. The summed E-state index contributed by atoms with van der Waals surface area (Å²) in [5, 5.41) is 3.28. The molecule has 0 spiro atoms. The minimum absolute atomic E-state index is 0.275. The molecule has 5 aliphatic rings. The van der Waals surface area contributed by atoms with Crippen molar-refractivity contribution in [1.82, 2.24) is 10.3 Å². The molecule has 0 saturated heterocycles. The molecular weight excluding hydrogens is 380 g/mol. The van der Waals surface area contributed by atoms with Crippen LogP contribution < -0.4 is 5.32 Å². The molecule has 164 valence electrons. The zero-order chi connectivity index (χ0) is 21.2. The SMILES string of the molecule is CC12CCC3C(CCC4C=C(NC(=O)C5CC5)CCC43C)C1CC=C2c1cccnc1. The van der Waals surface area contributed by atoms with Gasteiger partial charge in [-0.05, 0) is 109 Å². The van der Waals surface area contributed by atoms with Crippen LogP contribution in [0.3, 0.4) is 0 Å². The highest BCUT2D eigenvalue weighted by Crippen LogP contribution is 2.67. The Hall–Kier alpha value is -1.90. The van der Waals surface area contributed by atoms with Crippen LogP contribution in [0.1, 0.15) is 77.2 Å². The van der Waals surface area contributed by atoms with E-state index in [2.05, 4.69) is 54.6 Å². The van der Waals surface area contributed by atoms with E-state index in [1.165, 1.54) is 49.8 Å². The molecule has 0 radical (unpaired) electrons. The maximum atomic E-state index is 12.3. The van der Waals surface area contributed by atoms with Gasteiger partial charge in [-0.15, -0.1) is 0 Å². The Kier molecular flexibility index (Phi) is 4.49. The summed E-state index contributed by atoms with van der Waals surface area (Å²) in [5.41, 5.74) is 4.82. The molecule has 5 aliphatic carbocycles. The fourth-order valence-corrected chi connectivity index (χ4v) is 8.11. The van der Waals surface area contributed by atoms with Crippen molar-refractivity contribution in [1.29, 1.82) is 0 Å². The monoisotopic (exact) mass is 416 g/mol. The second-order valence-corrected chi connectivity index (χ2v) is 11.6. The lowest BCUT2D eigenvalue weighted by Crippen LogP contribution is -2.52. The summed E-state index contributed by atoms with van der Waals surface area (Å²) >= 11 is 0. The highest BCUT2D eigenvalue weighted by Gasteiger charge is 2.58. The second-order valence-electron chi connectivity index (χ2n) is 11.6. The minimum Gasteiger partial charge on any atom is -0.330 e. The lowest BCUT2D eigenvalue weighted by Gasteiger charge is -2.59. The van der Waals surface area contributed by atoms with Gasteiger partial charge in [-0.2, -0.15) is 0 Å². The number of carbonyl (C=O) groups excluding carboxylic acids is 1. The number of rotatable bonds is 3. The molecule has 6 atom stereocenters. The first-order chi connectivity index (χ1) is 15.0. The zero-order valence-corrected chi connectivity index (χ0v) is 19.1. The van der Waals surface area contributed by atoms with E-state index < -0.39 is 0 Å². The number of amides is 1. The third kappa shape index (κ3) is 3.06. The molecule has 1 amide bonds. The molecule has 1 heterocycles. The number of carbonyl (C=O) groups is 1. The third-order valence-corrected chi connectivity index (χ3v) is 10.1. The van der Waals surface area contributed by atoms with Crippen molar-refractivity contribution in [2.24, 2.45) is 40.4 Å². The number of allylic oxidation sites excluding steroid dienone is 4. The first kappa shape index (κ1) is 19.8. The largest absolute Gasteiger partial charge is 0.330 e. The number of aromatic nitrogens is 1. The van der Waals surface area contributed by atoms with Crippen LogP contribution >= 0.6 is 0 Å². The Bertz CT molecular complexity index is 945. The lowest BCUT2D eigenvalue weighted by atomic mass is 9.45. The van der Waals surface area contributed by atoms with Crippen molar-refractivity contribution in [2.45, 2.75) is 71.6 Å². The smallest absolute Gasteiger partial charge is 0.227 e. The van der Waals surface area contributed by atoms with Gasteiger partial charge in [-0.3, -0.25) is 9.78 Å². The highest BCUT2D eigenvalue weighted by atomic mass is 16.2. The van der Waals surface area contributed by atoms with Crippen LogP contribution in [0.25, 0.3) is 5.57 Å². The van der Waals surface area contributed by atoms with Crippen molar-refractivity contribution in [3.8, 4) is 0 Å². The molecule has 3 saturated carbocycles. The molecule has 3 nitrogen and oxygen atoms in total. The molecule has 1 N–H and O–H groups in total. The predicted molar refractivity (Wildman–Crippen MR) is 124 cm³/mol. The van der Waals surface area contributed by atoms with Crippen molar-refractivity contribution < 1.29 is 4.79 Å². The zero-order valence-electron chi connectivity index (χ0n) is 19.1. The molecule has 0 bridgehead atoms. The summed E-state index contributed by atoms with van der Waals surface area (Å²) in [5.74, 6) is 3.64. The average Bonchev–Trinajstić information content (AvgIpc) is 3.56. The van der Waals surface area contributed by atoms with Gasteiger partial charge in [0.15, 0.2) is 0 Å². The number of nitrogens with zero attached hydrogens (tertiary/aromatic N) is 1. The van der Waals surface area contributed by atoms with Crippen LogP contribution in [0.4, 0.5) is 0 Å². The number of hydrogen-bond acceptors (Lipinski definition) is 2. The fraction of sp³-hybridized carbons (Fsp3) is 0.643. The van der Waals surface area contributed by atoms with Crippen molar-refractivity contribution in [3.05, 3.63) is 47.9 Å². The first-order valence-corrected chi connectivity index (χ1v) is 12.6. The molecule has 6 rings (SSSR count). The summed E-state index contributed by atoms with van der Waals surface area (Å²) in [4.78, 5) is 16.7. The maximum absolute atomic E-state index is 12.3. The number of pyridine rings is 1. The van der Waals surface area contributed by atoms with Crippen LogP contribution in [-0.2, 0) is 4.79 Å². The van der Waals surface area contributed by atoms with Gasteiger partial charge in [0.25, 0.3) is 0 Å². The van der Waals surface area contributed by atoms with E-state index in [0.29, 0.717) is 22.7 Å². The minimum atomic E-state index is 0.275. The van der Waals surface area contributed by atoms with E-state index in [9.17, 15) is 4.79 Å². The van der Waals surface area contributed by atoms with Gasteiger partial charge in [-0.25, -0.2) is 0 Å². The quantitative estimate of drug-likeness (QED) is 0.643. The first-order valence-electron chi connectivity index (χ1n) is 12.6. The van der Waals surface area contributed by atoms with E-state index >= 15 is 0 Å². The van der Waals surface area contributed by atoms with Gasteiger partial charge in [-0.1, -0.05) is 32.1 Å². The standard InChI is InChI=1S/C28H36N2O/c1-27-13-11-21(30-26(31)18-5-6-18)16-20(27)7-8-22-24-10-9-23(19-4-3-15-29-17-19)28(24,2)14-12-25(22)27/h3-4,9,15-18,20,22,24-25H,5-8,10-14H2,1-2H3,(H,30,31). The Labute approximate surface area is 186 Å². The molecule has 1 aromatic rings. The topological polar surface area (TPSA) is 42.0 Å². The summed E-state index contributed by atoms with van der Waals surface area (Å²) in [7, 11) is 0. The normalized spacial score (nSPS) is 41.4. The van der Waals surface area contributed by atoms with E-state index in [1.807, 2.05) is 6.20 Å². The number of nitrogens with one attached hydrogen (secondary N) is 1. The molecular formula is C28H36N2O. The van der Waals surface area contributed by atoms with Gasteiger partial charge < -0.3 is 5.32 Å². The number of hydrogen-bond donors (Lipinski definition) is 1. The maximum Gasteiger partial charge on any atom is 0.227 e. The Balaban J connectivity index is 1.23. The van der Waals surface area contributed by atoms with Crippen LogP contribution in [-0.4, -0.2) is 10.9 Å². The van der Waals surface area contributed by atoms with E-state index in [-0.39, 0.29) is 5.91 Å². The Morgan fingerprint density at radius 2 is 1.97 bits per heavy atom. The van der Waals surface area contributed by atoms with Gasteiger partial charge in [0, 0.05) is 24.0 Å². The Morgan fingerprint density at radius 3 is 2.74 bits per heavy atom. The van der Waals surface area contributed by atoms with E-state index in [1.54, 1.807) is 5.57 Å². The van der Waals surface area contributed by atoms with Crippen LogP contribution in [0.15, 0.2) is 42.4 Å². The van der Waals surface area contributed by atoms with Gasteiger partial charge in [0.1, 0.15) is 0 Å². The van der Waals surface area contributed by atoms with Crippen molar-refractivity contribution in [3.63, 3.8) is 0 Å². The highest BCUT2D eigenvalue weighted by molar-refractivity contribution is 5.82. The molecule has 3 heteroatoms. The van der Waals surface area contributed by atoms with Crippen LogP contribution in [0.2, 0.25) is 0 Å². The van der Waals surface area contributed by atoms with Crippen LogP contribution in [0, 0.1) is 40.4 Å². The third-order valence-electron chi connectivity index (χ3n) is 10.1. The summed E-state index contributed by atoms with van der Waals surface area (Å²) in [6.07, 6.45) is 19.9. The lowest BCUT2D eigenvalue weighted by molar-refractivity contribution is -0.121. The van der Waals surface area contributed by atoms with Gasteiger partial charge >= 0.3 is 0 Å². The molecule has 0 aromatic carbocycles. The molecule has 6 unspecified atom stereocenters. The van der Waals surface area contributed by atoms with Crippen molar-refractivity contribution in [2.75, 3.05) is 0 Å². The summed E-state index contributed by atoms with van der Waals surface area (Å²) in [6, 6.07) is 4.33. The average molecular weight is 417 g/mol. The van der Waals surface area contributed by atoms with E-state index in [4.69, 9.17) is 0 Å². The van der Waals surface area contributed by atoms with Crippen molar-refractivity contribution >= 4 is 11.5 Å². The molecule has 0 aliphatic heterocycles. The van der Waals surface area contributed by atoms with E-state index in [0.717, 1.165) is 37.0 Å². The fourth-order valence-electron chi connectivity index (χ4n) is 8.11. The molecule has 31 heavy (non-hydrogen) atoms. The molecule has 3 fully saturated rings. The second kappa shape index (κ2) is 7.05. The van der Waals surface area contributed by atoms with Gasteiger partial charge in [0.05, 0.1) is 0 Å².